The molecule has 0 amide bonds. The second kappa shape index (κ2) is 6.02. The standard InChI is InChI=1S/C19H15N3OS/c1-13-4-6-15(7-5-13)16-11-24-18-17(16)21-12-22(19(18)23)10-14-3-2-8-20-9-14/h2-9,11-12H,10H2,1H3. The molecule has 24 heavy (non-hydrogen) atoms. The molecule has 0 aliphatic heterocycles. The van der Waals surface area contributed by atoms with Gasteiger partial charge in [0.2, 0.25) is 0 Å². The Kier molecular flexibility index (Phi) is 3.70. The normalized spacial score (nSPS) is 11.0. The van der Waals surface area contributed by atoms with Crippen LogP contribution in [-0.4, -0.2) is 14.5 Å². The first kappa shape index (κ1) is 14.8. The third-order valence-corrected chi connectivity index (χ3v) is 4.94. The smallest absolute Gasteiger partial charge is 0.271 e. The summed E-state index contributed by atoms with van der Waals surface area (Å²) in [4.78, 5) is 21.4. The molecule has 0 saturated heterocycles. The Morgan fingerprint density at radius 2 is 2.00 bits per heavy atom. The van der Waals surface area contributed by atoms with Crippen LogP contribution in [0.25, 0.3) is 21.3 Å². The van der Waals surface area contributed by atoms with Gasteiger partial charge in [-0.2, -0.15) is 0 Å². The lowest BCUT2D eigenvalue weighted by atomic mass is 10.1. The van der Waals surface area contributed by atoms with E-state index < -0.39 is 0 Å². The largest absolute Gasteiger partial charge is 0.293 e. The Balaban J connectivity index is 1.78. The molecule has 0 radical (unpaired) electrons. The molecule has 1 aromatic carbocycles. The number of aromatic nitrogens is 3. The van der Waals surface area contributed by atoms with E-state index in [1.807, 2.05) is 17.5 Å². The zero-order chi connectivity index (χ0) is 16.5. The lowest BCUT2D eigenvalue weighted by Gasteiger charge is -2.05. The molecule has 0 bridgehead atoms. The summed E-state index contributed by atoms with van der Waals surface area (Å²) >= 11 is 1.45. The maximum atomic E-state index is 12.7. The van der Waals surface area contributed by atoms with E-state index >= 15 is 0 Å². The van der Waals surface area contributed by atoms with E-state index in [4.69, 9.17) is 0 Å². The van der Waals surface area contributed by atoms with Crippen LogP contribution in [0.3, 0.4) is 0 Å². The first-order valence-electron chi connectivity index (χ1n) is 7.65. The van der Waals surface area contributed by atoms with E-state index in [0.29, 0.717) is 11.2 Å². The summed E-state index contributed by atoms with van der Waals surface area (Å²) in [6, 6.07) is 12.1. The molecule has 0 spiro atoms. The van der Waals surface area contributed by atoms with Crippen molar-refractivity contribution < 1.29 is 0 Å². The van der Waals surface area contributed by atoms with Crippen molar-refractivity contribution in [3.8, 4) is 11.1 Å². The summed E-state index contributed by atoms with van der Waals surface area (Å²) in [6.07, 6.45) is 5.12. The fourth-order valence-corrected chi connectivity index (χ4v) is 3.66. The van der Waals surface area contributed by atoms with E-state index in [-0.39, 0.29) is 5.56 Å². The van der Waals surface area contributed by atoms with Crippen LogP contribution in [0.2, 0.25) is 0 Å². The molecule has 3 heterocycles. The number of pyridine rings is 1. The third-order valence-electron chi connectivity index (χ3n) is 3.98. The highest BCUT2D eigenvalue weighted by atomic mass is 32.1. The number of thiophene rings is 1. The van der Waals surface area contributed by atoms with Crippen LogP contribution in [0.1, 0.15) is 11.1 Å². The van der Waals surface area contributed by atoms with Crippen molar-refractivity contribution in [2.75, 3.05) is 0 Å². The molecule has 0 saturated carbocycles. The Morgan fingerprint density at radius 3 is 2.75 bits per heavy atom. The van der Waals surface area contributed by atoms with Gasteiger partial charge in [-0.3, -0.25) is 14.3 Å². The van der Waals surface area contributed by atoms with E-state index in [1.54, 1.807) is 23.3 Å². The van der Waals surface area contributed by atoms with Crippen molar-refractivity contribution >= 4 is 21.6 Å². The number of benzene rings is 1. The summed E-state index contributed by atoms with van der Waals surface area (Å²) in [5.74, 6) is 0. The predicted molar refractivity (Wildman–Crippen MR) is 97.4 cm³/mol. The molecular formula is C19H15N3OS. The van der Waals surface area contributed by atoms with Gasteiger partial charge in [0.15, 0.2) is 0 Å². The van der Waals surface area contributed by atoms with E-state index in [1.165, 1.54) is 16.9 Å². The van der Waals surface area contributed by atoms with Gasteiger partial charge in [0.05, 0.1) is 18.4 Å². The van der Waals surface area contributed by atoms with Crippen LogP contribution in [0.15, 0.2) is 65.3 Å². The number of nitrogens with zero attached hydrogens (tertiary/aromatic N) is 3. The fraction of sp³-hybridized carbons (Fsp3) is 0.105. The minimum Gasteiger partial charge on any atom is -0.293 e. The maximum Gasteiger partial charge on any atom is 0.271 e. The average molecular weight is 333 g/mol. The zero-order valence-electron chi connectivity index (χ0n) is 13.1. The number of hydrogen-bond donors (Lipinski definition) is 0. The topological polar surface area (TPSA) is 47.8 Å². The molecule has 0 fully saturated rings. The molecule has 5 heteroatoms. The molecule has 0 N–H and O–H groups in total. The summed E-state index contributed by atoms with van der Waals surface area (Å²) in [5, 5.41) is 2.01. The minimum absolute atomic E-state index is 0.00721. The molecule has 118 valence electrons. The lowest BCUT2D eigenvalue weighted by molar-refractivity contribution is 0.747. The van der Waals surface area contributed by atoms with E-state index in [2.05, 4.69) is 41.2 Å². The molecule has 3 aromatic heterocycles. The van der Waals surface area contributed by atoms with Gasteiger partial charge < -0.3 is 0 Å². The van der Waals surface area contributed by atoms with Gasteiger partial charge in [-0.1, -0.05) is 35.9 Å². The maximum absolute atomic E-state index is 12.7. The van der Waals surface area contributed by atoms with Gasteiger partial charge in [-0.15, -0.1) is 11.3 Å². The molecule has 0 aliphatic rings. The average Bonchev–Trinajstić information content (AvgIpc) is 3.04. The highest BCUT2D eigenvalue weighted by molar-refractivity contribution is 7.17. The van der Waals surface area contributed by atoms with E-state index in [0.717, 1.165) is 22.2 Å². The van der Waals surface area contributed by atoms with Gasteiger partial charge in [-0.25, -0.2) is 4.98 Å². The highest BCUT2D eigenvalue weighted by Crippen LogP contribution is 2.30. The SMILES string of the molecule is Cc1ccc(-c2csc3c(=O)n(Cc4cccnc4)cnc23)cc1. The summed E-state index contributed by atoms with van der Waals surface area (Å²) in [6.45, 7) is 2.54. The summed E-state index contributed by atoms with van der Waals surface area (Å²) in [7, 11) is 0. The van der Waals surface area contributed by atoms with Crippen LogP contribution >= 0.6 is 11.3 Å². The Hall–Kier alpha value is -2.79. The first-order chi connectivity index (χ1) is 11.7. The van der Waals surface area contributed by atoms with Crippen LogP contribution in [0, 0.1) is 6.92 Å². The minimum atomic E-state index is -0.00721. The van der Waals surface area contributed by atoms with Crippen molar-refractivity contribution in [2.24, 2.45) is 0 Å². The molecule has 0 atom stereocenters. The second-order valence-corrected chi connectivity index (χ2v) is 6.61. The van der Waals surface area contributed by atoms with Crippen molar-refractivity contribution in [3.05, 3.63) is 82.0 Å². The predicted octanol–water partition coefficient (Wildman–Crippen LogP) is 3.88. The first-order valence-corrected chi connectivity index (χ1v) is 8.53. The van der Waals surface area contributed by atoms with Gasteiger partial charge in [0, 0.05) is 23.3 Å². The van der Waals surface area contributed by atoms with Crippen LogP contribution in [0.5, 0.6) is 0 Å². The van der Waals surface area contributed by atoms with Gasteiger partial charge in [0.25, 0.3) is 5.56 Å². The summed E-state index contributed by atoms with van der Waals surface area (Å²) < 4.78 is 2.33. The highest BCUT2D eigenvalue weighted by Gasteiger charge is 2.12. The second-order valence-electron chi connectivity index (χ2n) is 5.73. The van der Waals surface area contributed by atoms with Crippen molar-refractivity contribution in [1.82, 2.24) is 14.5 Å². The Labute approximate surface area is 143 Å². The van der Waals surface area contributed by atoms with E-state index in [9.17, 15) is 4.79 Å². The molecule has 0 unspecified atom stereocenters. The van der Waals surface area contributed by atoms with Crippen molar-refractivity contribution in [2.45, 2.75) is 13.5 Å². The Morgan fingerprint density at radius 1 is 1.17 bits per heavy atom. The zero-order valence-corrected chi connectivity index (χ0v) is 14.0. The lowest BCUT2D eigenvalue weighted by Crippen LogP contribution is -2.20. The molecule has 4 rings (SSSR count). The molecule has 0 aliphatic carbocycles. The van der Waals surface area contributed by atoms with Gasteiger partial charge in [0.1, 0.15) is 4.70 Å². The number of aryl methyl sites for hydroxylation is 1. The van der Waals surface area contributed by atoms with Crippen molar-refractivity contribution in [1.29, 1.82) is 0 Å². The molecule has 4 aromatic rings. The van der Waals surface area contributed by atoms with Crippen LogP contribution < -0.4 is 5.56 Å². The molecular weight excluding hydrogens is 318 g/mol. The third kappa shape index (κ3) is 2.63. The fourth-order valence-electron chi connectivity index (χ4n) is 2.68. The van der Waals surface area contributed by atoms with Crippen molar-refractivity contribution in [3.63, 3.8) is 0 Å². The monoisotopic (exact) mass is 333 g/mol. The summed E-state index contributed by atoms with van der Waals surface area (Å²) in [5.41, 5.74) is 5.06. The van der Waals surface area contributed by atoms with Crippen LogP contribution in [-0.2, 0) is 6.54 Å². The molecule has 4 nitrogen and oxygen atoms in total. The number of fused-ring (bicyclic) bond motifs is 1. The number of rotatable bonds is 3. The van der Waals surface area contributed by atoms with Gasteiger partial charge in [-0.05, 0) is 24.1 Å². The quantitative estimate of drug-likeness (QED) is 0.572. The number of hydrogen-bond acceptors (Lipinski definition) is 4. The Bertz CT molecular complexity index is 1050. The van der Waals surface area contributed by atoms with Crippen LogP contribution in [0.4, 0.5) is 0 Å². The van der Waals surface area contributed by atoms with Gasteiger partial charge >= 0.3 is 0 Å².